The van der Waals surface area contributed by atoms with E-state index in [2.05, 4.69) is 29.2 Å². The molecule has 0 spiro atoms. The molecule has 1 saturated heterocycles. The van der Waals surface area contributed by atoms with Crippen molar-refractivity contribution in [3.05, 3.63) is 35.4 Å². The van der Waals surface area contributed by atoms with Gasteiger partial charge in [0.2, 0.25) is 0 Å². The second-order valence-corrected chi connectivity index (χ2v) is 5.44. The summed E-state index contributed by atoms with van der Waals surface area (Å²) in [5, 5.41) is 9.63. The minimum Gasteiger partial charge on any atom is -0.392 e. The second-order valence-electron chi connectivity index (χ2n) is 5.44. The van der Waals surface area contributed by atoms with Crippen molar-refractivity contribution in [3.63, 3.8) is 0 Å². The lowest BCUT2D eigenvalue weighted by molar-refractivity contribution is 0.153. The third-order valence-corrected chi connectivity index (χ3v) is 4.32. The average molecular weight is 231 g/mol. The molecule has 0 radical (unpaired) electrons. The van der Waals surface area contributed by atoms with Gasteiger partial charge in [0.05, 0.1) is 6.10 Å². The zero-order valence-electron chi connectivity index (χ0n) is 10.3. The highest BCUT2D eigenvalue weighted by Gasteiger charge is 2.28. The van der Waals surface area contributed by atoms with E-state index < -0.39 is 0 Å². The standard InChI is InChI=1S/C15H21NO/c17-15-9-10-16(11-15)14-7-5-12-3-1-2-4-13(12)6-8-14/h1-4,14-15,17H,5-11H2/t15-/m1/s1. The lowest BCUT2D eigenvalue weighted by Gasteiger charge is -2.26. The Morgan fingerprint density at radius 1 is 1.00 bits per heavy atom. The van der Waals surface area contributed by atoms with Gasteiger partial charge in [-0.3, -0.25) is 4.90 Å². The van der Waals surface area contributed by atoms with Crippen molar-refractivity contribution in [3.8, 4) is 0 Å². The number of likely N-dealkylation sites (tertiary alicyclic amines) is 1. The summed E-state index contributed by atoms with van der Waals surface area (Å²) >= 11 is 0. The van der Waals surface area contributed by atoms with Crippen LogP contribution in [0, 0.1) is 0 Å². The Balaban J connectivity index is 1.69. The highest BCUT2D eigenvalue weighted by atomic mass is 16.3. The van der Waals surface area contributed by atoms with Crippen LogP contribution in [0.25, 0.3) is 0 Å². The number of hydrogen-bond acceptors (Lipinski definition) is 2. The number of benzene rings is 1. The van der Waals surface area contributed by atoms with Crippen LogP contribution in [-0.4, -0.2) is 35.2 Å². The summed E-state index contributed by atoms with van der Waals surface area (Å²) in [4.78, 5) is 2.50. The maximum atomic E-state index is 9.63. The lowest BCUT2D eigenvalue weighted by Crippen LogP contribution is -2.34. The first kappa shape index (κ1) is 11.2. The monoisotopic (exact) mass is 231 g/mol. The Bertz CT molecular complexity index is 363. The zero-order valence-corrected chi connectivity index (χ0v) is 10.3. The van der Waals surface area contributed by atoms with E-state index in [9.17, 15) is 5.11 Å². The number of rotatable bonds is 1. The number of aliphatic hydroxyl groups is 1. The highest BCUT2D eigenvalue weighted by Crippen LogP contribution is 2.25. The smallest absolute Gasteiger partial charge is 0.0679 e. The van der Waals surface area contributed by atoms with Crippen molar-refractivity contribution in [1.29, 1.82) is 0 Å². The molecular formula is C15H21NO. The molecule has 0 aromatic heterocycles. The van der Waals surface area contributed by atoms with Crippen LogP contribution in [0.5, 0.6) is 0 Å². The first-order chi connectivity index (χ1) is 8.33. The molecule has 1 atom stereocenters. The van der Waals surface area contributed by atoms with Crippen LogP contribution in [0.3, 0.4) is 0 Å². The number of fused-ring (bicyclic) bond motifs is 1. The van der Waals surface area contributed by atoms with Gasteiger partial charge in [-0.25, -0.2) is 0 Å². The molecule has 3 rings (SSSR count). The van der Waals surface area contributed by atoms with Crippen molar-refractivity contribution < 1.29 is 5.11 Å². The number of β-amino-alcohol motifs (C(OH)–C–C–N with tert-alkyl or cyclic N) is 1. The van der Waals surface area contributed by atoms with Crippen molar-refractivity contribution in [2.45, 2.75) is 44.2 Å². The molecule has 1 aromatic carbocycles. The third kappa shape index (κ3) is 2.38. The summed E-state index contributed by atoms with van der Waals surface area (Å²) in [6.07, 6.45) is 5.79. The van der Waals surface area contributed by atoms with E-state index >= 15 is 0 Å². The van der Waals surface area contributed by atoms with Crippen LogP contribution in [-0.2, 0) is 12.8 Å². The molecule has 2 nitrogen and oxygen atoms in total. The summed E-state index contributed by atoms with van der Waals surface area (Å²) in [6.45, 7) is 1.98. The van der Waals surface area contributed by atoms with Crippen LogP contribution < -0.4 is 0 Å². The molecule has 1 aromatic rings. The van der Waals surface area contributed by atoms with Crippen LogP contribution in [0.1, 0.15) is 30.4 Å². The maximum absolute atomic E-state index is 9.63. The Hall–Kier alpha value is -0.860. The van der Waals surface area contributed by atoms with Gasteiger partial charge in [-0.05, 0) is 43.2 Å². The molecule has 17 heavy (non-hydrogen) atoms. The van der Waals surface area contributed by atoms with E-state index in [1.807, 2.05) is 0 Å². The SMILES string of the molecule is O[C@@H]1CCN(C2CCc3ccccc3CC2)C1. The van der Waals surface area contributed by atoms with E-state index in [-0.39, 0.29) is 6.10 Å². The second kappa shape index (κ2) is 4.79. The van der Waals surface area contributed by atoms with Crippen molar-refractivity contribution in [1.82, 2.24) is 4.90 Å². The predicted molar refractivity (Wildman–Crippen MR) is 69.1 cm³/mol. The fourth-order valence-electron chi connectivity index (χ4n) is 3.30. The Kier molecular flexibility index (Phi) is 3.17. The van der Waals surface area contributed by atoms with E-state index in [0.717, 1.165) is 19.5 Å². The molecular weight excluding hydrogens is 210 g/mol. The summed E-state index contributed by atoms with van der Waals surface area (Å²) in [5.41, 5.74) is 3.07. The van der Waals surface area contributed by atoms with Gasteiger partial charge in [0.1, 0.15) is 0 Å². The molecule has 0 unspecified atom stereocenters. The van der Waals surface area contributed by atoms with Gasteiger partial charge in [-0.15, -0.1) is 0 Å². The minimum absolute atomic E-state index is 0.0828. The number of nitrogens with zero attached hydrogens (tertiary/aromatic N) is 1. The van der Waals surface area contributed by atoms with Gasteiger partial charge >= 0.3 is 0 Å². The van der Waals surface area contributed by atoms with Gasteiger partial charge in [0, 0.05) is 19.1 Å². The van der Waals surface area contributed by atoms with Gasteiger partial charge in [-0.2, -0.15) is 0 Å². The minimum atomic E-state index is -0.0828. The summed E-state index contributed by atoms with van der Waals surface area (Å²) in [5.74, 6) is 0. The average Bonchev–Trinajstić information content (AvgIpc) is 2.66. The maximum Gasteiger partial charge on any atom is 0.0679 e. The van der Waals surface area contributed by atoms with Crippen molar-refractivity contribution in [2.75, 3.05) is 13.1 Å². The number of aliphatic hydroxyl groups excluding tert-OH is 1. The highest BCUT2D eigenvalue weighted by molar-refractivity contribution is 5.28. The van der Waals surface area contributed by atoms with Crippen molar-refractivity contribution in [2.24, 2.45) is 0 Å². The van der Waals surface area contributed by atoms with Gasteiger partial charge in [-0.1, -0.05) is 24.3 Å². The van der Waals surface area contributed by atoms with Gasteiger partial charge in [0.25, 0.3) is 0 Å². The Morgan fingerprint density at radius 3 is 2.18 bits per heavy atom. The lowest BCUT2D eigenvalue weighted by atomic mass is 10.0. The summed E-state index contributed by atoms with van der Waals surface area (Å²) in [6, 6.07) is 9.53. The summed E-state index contributed by atoms with van der Waals surface area (Å²) in [7, 11) is 0. The topological polar surface area (TPSA) is 23.5 Å². The molecule has 0 bridgehead atoms. The molecule has 1 aliphatic heterocycles. The largest absolute Gasteiger partial charge is 0.392 e. The molecule has 92 valence electrons. The van der Waals surface area contributed by atoms with E-state index in [0.29, 0.717) is 6.04 Å². The first-order valence-electron chi connectivity index (χ1n) is 6.82. The predicted octanol–water partition coefficient (Wildman–Crippen LogP) is 2.00. The van der Waals surface area contributed by atoms with Crippen LogP contribution in [0.2, 0.25) is 0 Å². The molecule has 0 saturated carbocycles. The van der Waals surface area contributed by atoms with Crippen molar-refractivity contribution >= 4 is 0 Å². The molecule has 1 fully saturated rings. The fourth-order valence-corrected chi connectivity index (χ4v) is 3.30. The van der Waals surface area contributed by atoms with Gasteiger partial charge < -0.3 is 5.11 Å². The Morgan fingerprint density at radius 2 is 1.65 bits per heavy atom. The number of hydrogen-bond donors (Lipinski definition) is 1. The summed E-state index contributed by atoms with van der Waals surface area (Å²) < 4.78 is 0. The third-order valence-electron chi connectivity index (χ3n) is 4.32. The van der Waals surface area contributed by atoms with Crippen LogP contribution in [0.4, 0.5) is 0 Å². The number of aryl methyl sites for hydroxylation is 2. The molecule has 2 heteroatoms. The molecule has 1 N–H and O–H groups in total. The van der Waals surface area contributed by atoms with E-state index in [1.54, 1.807) is 0 Å². The molecule has 1 aliphatic carbocycles. The van der Waals surface area contributed by atoms with Gasteiger partial charge in [0.15, 0.2) is 0 Å². The molecule has 1 heterocycles. The van der Waals surface area contributed by atoms with E-state index in [1.165, 1.54) is 36.8 Å². The van der Waals surface area contributed by atoms with E-state index in [4.69, 9.17) is 0 Å². The molecule has 0 amide bonds. The fraction of sp³-hybridized carbons (Fsp3) is 0.600. The quantitative estimate of drug-likeness (QED) is 0.747. The van der Waals surface area contributed by atoms with Crippen LogP contribution >= 0.6 is 0 Å². The Labute approximate surface area is 103 Å². The first-order valence-corrected chi connectivity index (χ1v) is 6.82. The normalized spacial score (nSPS) is 26.8. The molecule has 2 aliphatic rings. The van der Waals surface area contributed by atoms with Crippen LogP contribution in [0.15, 0.2) is 24.3 Å². The zero-order chi connectivity index (χ0) is 11.7.